The van der Waals surface area contributed by atoms with Crippen molar-refractivity contribution in [2.24, 2.45) is 0 Å². The average Bonchev–Trinajstić information content (AvgIpc) is 2.70. The van der Waals surface area contributed by atoms with Crippen LogP contribution in [-0.4, -0.2) is 18.2 Å². The lowest BCUT2D eigenvalue weighted by Crippen LogP contribution is -2.04. The molecule has 5 heteroatoms. The van der Waals surface area contributed by atoms with Gasteiger partial charge in [-0.2, -0.15) is 0 Å². The Labute approximate surface area is 109 Å². The molecule has 18 heavy (non-hydrogen) atoms. The molecule has 0 radical (unpaired) electrons. The molecule has 0 unspecified atom stereocenters. The molecule has 4 nitrogen and oxygen atoms in total. The largest absolute Gasteiger partial charge is 0.465 e. The molecule has 1 aromatic carbocycles. The molecular weight excluding hydrogens is 254 g/mol. The Morgan fingerprint density at radius 3 is 2.72 bits per heavy atom. The fourth-order valence-electron chi connectivity index (χ4n) is 1.82. The molecule has 0 spiro atoms. The molecule has 0 N–H and O–H groups in total. The summed E-state index contributed by atoms with van der Waals surface area (Å²) in [5, 5.41) is 4.44. The third kappa shape index (κ3) is 1.99. The summed E-state index contributed by atoms with van der Waals surface area (Å²) < 4.78 is 9.81. The molecule has 0 bridgehead atoms. The zero-order valence-corrected chi connectivity index (χ0v) is 11.0. The number of carbonyl (C=O) groups is 1. The van der Waals surface area contributed by atoms with Crippen molar-refractivity contribution < 1.29 is 14.1 Å². The highest BCUT2D eigenvalue weighted by molar-refractivity contribution is 6.33. The van der Waals surface area contributed by atoms with Crippen LogP contribution in [0.25, 0.3) is 11.3 Å². The van der Waals surface area contributed by atoms with Crippen molar-refractivity contribution >= 4 is 17.6 Å². The topological polar surface area (TPSA) is 52.3 Å². The van der Waals surface area contributed by atoms with E-state index < -0.39 is 5.97 Å². The molecule has 0 amide bonds. The van der Waals surface area contributed by atoms with Gasteiger partial charge >= 0.3 is 5.97 Å². The molecule has 2 rings (SSSR count). The number of methoxy groups -OCH3 is 1. The van der Waals surface area contributed by atoms with Gasteiger partial charge < -0.3 is 9.26 Å². The Kier molecular flexibility index (Phi) is 3.39. The van der Waals surface area contributed by atoms with Gasteiger partial charge in [-0.3, -0.25) is 0 Å². The second-order valence-corrected chi connectivity index (χ2v) is 4.29. The molecule has 1 heterocycles. The number of benzene rings is 1. The van der Waals surface area contributed by atoms with Gasteiger partial charge in [0.25, 0.3) is 0 Å². The molecule has 2 aromatic rings. The van der Waals surface area contributed by atoms with E-state index in [1.807, 2.05) is 19.1 Å². The first-order chi connectivity index (χ1) is 8.56. The Hall–Kier alpha value is -1.81. The highest BCUT2D eigenvalue weighted by atomic mass is 35.5. The van der Waals surface area contributed by atoms with E-state index in [4.69, 9.17) is 20.9 Å². The summed E-state index contributed by atoms with van der Waals surface area (Å²) in [7, 11) is 1.32. The number of aryl methyl sites for hydroxylation is 2. The van der Waals surface area contributed by atoms with Crippen molar-refractivity contribution in [3.8, 4) is 11.3 Å². The molecule has 0 aliphatic carbocycles. The van der Waals surface area contributed by atoms with Crippen molar-refractivity contribution in [1.29, 1.82) is 0 Å². The quantitative estimate of drug-likeness (QED) is 0.781. The van der Waals surface area contributed by atoms with Crippen molar-refractivity contribution in [2.75, 3.05) is 7.11 Å². The standard InChI is InChI=1S/C13H12ClNO3/c1-7-5-4-6-9(14)10(7)12-11(13(16)17-3)8(2)18-15-12/h4-6H,1-3H3. The number of hydrogen-bond donors (Lipinski definition) is 0. The van der Waals surface area contributed by atoms with Crippen LogP contribution in [0.1, 0.15) is 21.7 Å². The third-order valence-electron chi connectivity index (χ3n) is 2.71. The van der Waals surface area contributed by atoms with E-state index in [9.17, 15) is 4.79 Å². The Bertz CT molecular complexity index is 584. The number of carbonyl (C=O) groups excluding carboxylic acids is 1. The second-order valence-electron chi connectivity index (χ2n) is 3.89. The van der Waals surface area contributed by atoms with Crippen LogP contribution in [0.4, 0.5) is 0 Å². The summed E-state index contributed by atoms with van der Waals surface area (Å²) in [4.78, 5) is 11.7. The Morgan fingerprint density at radius 1 is 1.39 bits per heavy atom. The lowest BCUT2D eigenvalue weighted by molar-refractivity contribution is 0.0599. The van der Waals surface area contributed by atoms with Crippen LogP contribution < -0.4 is 0 Å². The summed E-state index contributed by atoms with van der Waals surface area (Å²) in [5.74, 6) is -0.0701. The number of hydrogen-bond acceptors (Lipinski definition) is 4. The SMILES string of the molecule is COC(=O)c1c(-c2c(C)cccc2Cl)noc1C. The number of nitrogens with zero attached hydrogens (tertiary/aromatic N) is 1. The number of halogens is 1. The lowest BCUT2D eigenvalue weighted by Gasteiger charge is -2.06. The summed E-state index contributed by atoms with van der Waals surface area (Å²) >= 11 is 6.16. The van der Waals surface area contributed by atoms with E-state index in [-0.39, 0.29) is 0 Å². The van der Waals surface area contributed by atoms with Gasteiger partial charge in [-0.1, -0.05) is 28.9 Å². The normalized spacial score (nSPS) is 10.4. The van der Waals surface area contributed by atoms with Gasteiger partial charge in [0.05, 0.1) is 12.1 Å². The molecule has 0 saturated heterocycles. The maximum Gasteiger partial charge on any atom is 0.343 e. The van der Waals surface area contributed by atoms with E-state index in [1.165, 1.54) is 7.11 Å². The van der Waals surface area contributed by atoms with Gasteiger partial charge in [0.15, 0.2) is 0 Å². The molecule has 94 valence electrons. The minimum absolute atomic E-state index is 0.314. The first-order valence-corrected chi connectivity index (χ1v) is 5.74. The van der Waals surface area contributed by atoms with Crippen molar-refractivity contribution in [3.05, 3.63) is 40.1 Å². The third-order valence-corrected chi connectivity index (χ3v) is 3.03. The van der Waals surface area contributed by atoms with Crippen molar-refractivity contribution in [1.82, 2.24) is 5.16 Å². The van der Waals surface area contributed by atoms with E-state index in [1.54, 1.807) is 13.0 Å². The van der Waals surface area contributed by atoms with Gasteiger partial charge in [0, 0.05) is 5.56 Å². The van der Waals surface area contributed by atoms with Crippen molar-refractivity contribution in [3.63, 3.8) is 0 Å². The summed E-state index contributed by atoms with van der Waals surface area (Å²) in [5.41, 5.74) is 2.34. The number of esters is 1. The van der Waals surface area contributed by atoms with E-state index in [0.29, 0.717) is 27.6 Å². The van der Waals surface area contributed by atoms with Gasteiger partial charge in [0.1, 0.15) is 17.0 Å². The summed E-state index contributed by atoms with van der Waals surface area (Å²) in [6, 6.07) is 5.48. The first kappa shape index (κ1) is 12.6. The number of rotatable bonds is 2. The zero-order valence-electron chi connectivity index (χ0n) is 10.3. The molecule has 0 saturated carbocycles. The van der Waals surface area contributed by atoms with Gasteiger partial charge in [-0.15, -0.1) is 0 Å². The van der Waals surface area contributed by atoms with E-state index in [0.717, 1.165) is 5.56 Å². The molecular formula is C13H12ClNO3. The van der Waals surface area contributed by atoms with E-state index >= 15 is 0 Å². The Morgan fingerprint density at radius 2 is 2.11 bits per heavy atom. The van der Waals surface area contributed by atoms with Crippen LogP contribution in [0.5, 0.6) is 0 Å². The predicted molar refractivity (Wildman–Crippen MR) is 67.8 cm³/mol. The Balaban J connectivity index is 2.69. The predicted octanol–water partition coefficient (Wildman–Crippen LogP) is 3.40. The maximum atomic E-state index is 11.7. The molecule has 0 aliphatic heterocycles. The van der Waals surface area contributed by atoms with Gasteiger partial charge in [-0.25, -0.2) is 4.79 Å². The average molecular weight is 266 g/mol. The second kappa shape index (κ2) is 4.82. The monoisotopic (exact) mass is 265 g/mol. The minimum Gasteiger partial charge on any atom is -0.465 e. The van der Waals surface area contributed by atoms with Gasteiger partial charge in [0.2, 0.25) is 0 Å². The van der Waals surface area contributed by atoms with Crippen LogP contribution in [0, 0.1) is 13.8 Å². The maximum absolute atomic E-state index is 11.7. The highest BCUT2D eigenvalue weighted by Crippen LogP contribution is 2.33. The minimum atomic E-state index is -0.483. The molecule has 0 fully saturated rings. The van der Waals surface area contributed by atoms with Crippen LogP contribution in [0.3, 0.4) is 0 Å². The van der Waals surface area contributed by atoms with Crippen molar-refractivity contribution in [2.45, 2.75) is 13.8 Å². The molecule has 0 aliphatic rings. The molecule has 1 aromatic heterocycles. The summed E-state index contributed by atoms with van der Waals surface area (Å²) in [6.45, 7) is 3.56. The number of ether oxygens (including phenoxy) is 1. The molecule has 0 atom stereocenters. The smallest absolute Gasteiger partial charge is 0.343 e. The van der Waals surface area contributed by atoms with Crippen LogP contribution in [-0.2, 0) is 4.74 Å². The zero-order chi connectivity index (χ0) is 13.3. The fourth-order valence-corrected chi connectivity index (χ4v) is 2.13. The van der Waals surface area contributed by atoms with Crippen LogP contribution in [0.15, 0.2) is 22.7 Å². The van der Waals surface area contributed by atoms with Crippen LogP contribution in [0.2, 0.25) is 5.02 Å². The van der Waals surface area contributed by atoms with Crippen LogP contribution >= 0.6 is 11.6 Å². The van der Waals surface area contributed by atoms with Gasteiger partial charge in [-0.05, 0) is 25.5 Å². The lowest BCUT2D eigenvalue weighted by atomic mass is 10.0. The first-order valence-electron chi connectivity index (χ1n) is 5.36. The fraction of sp³-hybridized carbons (Fsp3) is 0.231. The summed E-state index contributed by atoms with van der Waals surface area (Å²) in [6.07, 6.45) is 0. The highest BCUT2D eigenvalue weighted by Gasteiger charge is 2.24. The van der Waals surface area contributed by atoms with E-state index in [2.05, 4.69) is 5.16 Å². The number of aromatic nitrogens is 1.